The summed E-state index contributed by atoms with van der Waals surface area (Å²) in [5.41, 5.74) is 4.88. The van der Waals surface area contributed by atoms with Gasteiger partial charge >= 0.3 is 0 Å². The summed E-state index contributed by atoms with van der Waals surface area (Å²) < 4.78 is 38.4. The predicted octanol–water partition coefficient (Wildman–Crippen LogP) is 6.86. The molecule has 1 saturated carbocycles. The summed E-state index contributed by atoms with van der Waals surface area (Å²) in [5.74, 6) is 0.748. The molecular weight excluding hydrogens is 668 g/mol. The summed E-state index contributed by atoms with van der Waals surface area (Å²) in [4.78, 5) is 22.7. The summed E-state index contributed by atoms with van der Waals surface area (Å²) in [6, 6.07) is 5.10. The molecule has 1 amide bonds. The first kappa shape index (κ1) is 37.3. The number of ether oxygens (including phenoxy) is 3. The number of nitrogens with zero attached hydrogens (tertiary/aromatic N) is 6. The molecule has 0 spiro atoms. The van der Waals surface area contributed by atoms with Gasteiger partial charge in [-0.25, -0.2) is 14.1 Å². The Bertz CT molecular complexity index is 1690. The van der Waals surface area contributed by atoms with E-state index in [1.54, 1.807) is 4.90 Å². The van der Waals surface area contributed by atoms with E-state index in [0.717, 1.165) is 30.6 Å². The highest BCUT2D eigenvalue weighted by atomic mass is 28.3. The molecule has 3 aromatic rings. The van der Waals surface area contributed by atoms with Gasteiger partial charge in [0.05, 0.1) is 24.8 Å². The Hall–Kier alpha value is -2.43. The fourth-order valence-corrected chi connectivity index (χ4v) is 8.96. The van der Waals surface area contributed by atoms with Gasteiger partial charge in [0.2, 0.25) is 5.91 Å². The second-order valence-corrected chi connectivity index (χ2v) is 28.7. The van der Waals surface area contributed by atoms with Crippen molar-refractivity contribution >= 4 is 38.8 Å². The third kappa shape index (κ3) is 8.12. The Balaban J connectivity index is 1.38. The number of hydrogen-bond acceptors (Lipinski definition) is 7. The number of benzene rings is 1. The van der Waals surface area contributed by atoms with Crippen molar-refractivity contribution in [3.8, 4) is 11.5 Å². The number of rotatable bonds is 15. The van der Waals surface area contributed by atoms with Crippen LogP contribution in [-0.2, 0) is 45.3 Å². The molecule has 0 bridgehead atoms. The van der Waals surface area contributed by atoms with Crippen LogP contribution in [0, 0.1) is 17.2 Å². The molecule has 13 heteroatoms. The Morgan fingerprint density at radius 1 is 1.08 bits per heavy atom. The average Bonchev–Trinajstić information content (AvgIpc) is 3.40. The Kier molecular flexibility index (Phi) is 10.9. The highest BCUT2D eigenvalue weighted by molar-refractivity contribution is 6.76. The minimum atomic E-state index is -1.33. The van der Waals surface area contributed by atoms with E-state index in [1.165, 1.54) is 23.7 Å². The van der Waals surface area contributed by atoms with Crippen molar-refractivity contribution in [3.05, 3.63) is 29.2 Å². The summed E-state index contributed by atoms with van der Waals surface area (Å²) >= 11 is 0. The predicted molar refractivity (Wildman–Crippen MR) is 203 cm³/mol. The average molecular weight is 727 g/mol. The molecule has 10 nitrogen and oxygen atoms in total. The van der Waals surface area contributed by atoms with E-state index in [9.17, 15) is 4.79 Å². The van der Waals surface area contributed by atoms with Crippen molar-refractivity contribution in [3.63, 3.8) is 0 Å². The molecule has 0 unspecified atom stereocenters. The zero-order valence-corrected chi connectivity index (χ0v) is 33.9. The second-order valence-electron chi connectivity index (χ2n) is 17.5. The van der Waals surface area contributed by atoms with E-state index in [0.29, 0.717) is 86.7 Å². The molecule has 276 valence electrons. The number of carbonyl (C=O) groups excluding carboxylic acids is 1. The van der Waals surface area contributed by atoms with Gasteiger partial charge in [0.25, 0.3) is 0 Å². The topological polar surface area (TPSA) is 86.9 Å². The normalized spacial score (nSPS) is 21.7. The van der Waals surface area contributed by atoms with Gasteiger partial charge in [0, 0.05) is 65.9 Å². The van der Waals surface area contributed by atoms with Crippen LogP contribution in [0.5, 0.6) is 0 Å². The molecule has 3 aliphatic rings. The largest absolute Gasteiger partial charge is 0.379 e. The highest BCUT2D eigenvalue weighted by Crippen LogP contribution is 2.60. The SMILES string of the molecule is CCN(C(=O)[C@H](C)N1CCOCC1)c1cc(F)c2c(c1)nc(-c1nn(COCC[Si](C)(C)C)c3c1C[C@@H]1C[C@]1(C)C3)n2COCC[Si](C)(C)C. The number of anilines is 1. The van der Waals surface area contributed by atoms with Crippen molar-refractivity contribution in [2.45, 2.75) is 111 Å². The zero-order chi connectivity index (χ0) is 36.0. The minimum absolute atomic E-state index is 0.0584. The van der Waals surface area contributed by atoms with Crippen LogP contribution in [0.1, 0.15) is 38.4 Å². The lowest BCUT2D eigenvalue weighted by atomic mass is 9.87. The maximum absolute atomic E-state index is 16.5. The number of hydrogen-bond donors (Lipinski definition) is 0. The van der Waals surface area contributed by atoms with Crippen molar-refractivity contribution in [1.82, 2.24) is 24.2 Å². The van der Waals surface area contributed by atoms with Crippen molar-refractivity contribution < 1.29 is 23.4 Å². The summed E-state index contributed by atoms with van der Waals surface area (Å²) in [5, 5.41) is 5.18. The van der Waals surface area contributed by atoms with Gasteiger partial charge in [-0.2, -0.15) is 5.10 Å². The lowest BCUT2D eigenvalue weighted by molar-refractivity contribution is -0.124. The van der Waals surface area contributed by atoms with Gasteiger partial charge in [-0.15, -0.1) is 0 Å². The fraction of sp³-hybridized carbons (Fsp3) is 0.703. The number of amides is 1. The summed E-state index contributed by atoms with van der Waals surface area (Å²) in [6.07, 6.45) is 3.09. The number of fused-ring (bicyclic) bond motifs is 3. The van der Waals surface area contributed by atoms with Crippen LogP contribution in [0.2, 0.25) is 51.4 Å². The second kappa shape index (κ2) is 14.5. The smallest absolute Gasteiger partial charge is 0.244 e. The van der Waals surface area contributed by atoms with Gasteiger partial charge in [-0.05, 0) is 68.7 Å². The van der Waals surface area contributed by atoms with Crippen LogP contribution in [0.25, 0.3) is 22.6 Å². The highest BCUT2D eigenvalue weighted by Gasteiger charge is 2.54. The van der Waals surface area contributed by atoms with Crippen LogP contribution >= 0.6 is 0 Å². The van der Waals surface area contributed by atoms with Gasteiger partial charge < -0.3 is 19.1 Å². The standard InChI is InChI=1S/C37H59FN6O4Si2/c1-10-42(36(45)26(2)41-11-13-46-14-12-41)28-20-30(38)34-31(21-28)39-35(43(34)24-47-15-17-49(4,5)6)33-29-19-27-22-37(27,3)23-32(29)44(40-33)25-48-16-18-50(7,8)9/h20-21,26-27H,10-19,22-25H2,1-9H3/t26-,27+,37+/m0/s1. The molecule has 3 heterocycles. The first-order valence-electron chi connectivity index (χ1n) is 18.7. The fourth-order valence-electron chi connectivity index (χ4n) is 7.44. The molecule has 1 aromatic carbocycles. The number of imidazole rings is 1. The lowest BCUT2D eigenvalue weighted by Crippen LogP contribution is -2.51. The minimum Gasteiger partial charge on any atom is -0.379 e. The number of morpholine rings is 1. The monoisotopic (exact) mass is 726 g/mol. The van der Waals surface area contributed by atoms with Crippen LogP contribution < -0.4 is 4.90 Å². The molecule has 0 radical (unpaired) electrons. The van der Waals surface area contributed by atoms with E-state index in [2.05, 4.69) is 51.1 Å². The molecule has 2 aromatic heterocycles. The molecule has 1 aliphatic heterocycles. The lowest BCUT2D eigenvalue weighted by Gasteiger charge is -2.34. The molecule has 3 atom stereocenters. The molecule has 0 N–H and O–H groups in total. The first-order valence-corrected chi connectivity index (χ1v) is 26.1. The Morgan fingerprint density at radius 3 is 2.38 bits per heavy atom. The molecule has 50 heavy (non-hydrogen) atoms. The van der Waals surface area contributed by atoms with E-state index < -0.39 is 22.0 Å². The van der Waals surface area contributed by atoms with Crippen LogP contribution in [0.4, 0.5) is 10.1 Å². The van der Waals surface area contributed by atoms with E-state index in [4.69, 9.17) is 24.3 Å². The van der Waals surface area contributed by atoms with E-state index >= 15 is 4.39 Å². The molecule has 6 rings (SSSR count). The Labute approximate surface area is 299 Å². The summed E-state index contributed by atoms with van der Waals surface area (Å²) in [6.45, 7) is 25.2. The first-order chi connectivity index (χ1) is 23.6. The zero-order valence-electron chi connectivity index (χ0n) is 31.9. The quantitative estimate of drug-likeness (QED) is 0.125. The molecule has 2 fully saturated rings. The molecular formula is C37H59FN6O4Si2. The van der Waals surface area contributed by atoms with E-state index in [-0.39, 0.29) is 18.7 Å². The Morgan fingerprint density at radius 2 is 1.74 bits per heavy atom. The van der Waals surface area contributed by atoms with Gasteiger partial charge in [-0.1, -0.05) is 46.2 Å². The molecule has 2 aliphatic carbocycles. The van der Waals surface area contributed by atoms with Crippen LogP contribution in [-0.4, -0.2) is 98.4 Å². The van der Waals surface area contributed by atoms with Gasteiger partial charge in [0.1, 0.15) is 24.7 Å². The third-order valence-corrected chi connectivity index (χ3v) is 14.4. The number of carbonyl (C=O) groups is 1. The van der Waals surface area contributed by atoms with Crippen molar-refractivity contribution in [2.24, 2.45) is 11.3 Å². The number of halogens is 1. The molecule has 1 saturated heterocycles. The van der Waals surface area contributed by atoms with Crippen molar-refractivity contribution in [1.29, 1.82) is 0 Å². The maximum Gasteiger partial charge on any atom is 0.244 e. The van der Waals surface area contributed by atoms with Crippen molar-refractivity contribution in [2.75, 3.05) is 51.0 Å². The van der Waals surface area contributed by atoms with Gasteiger partial charge in [-0.3, -0.25) is 14.3 Å². The maximum atomic E-state index is 16.5. The van der Waals surface area contributed by atoms with Crippen LogP contribution in [0.3, 0.4) is 0 Å². The third-order valence-electron chi connectivity index (χ3n) is 11.0. The number of likely N-dealkylation sites (N-methyl/N-ethyl adjacent to an activating group) is 1. The van der Waals surface area contributed by atoms with Gasteiger partial charge in [0.15, 0.2) is 11.6 Å². The van der Waals surface area contributed by atoms with E-state index in [1.807, 2.05) is 29.2 Å². The number of aromatic nitrogens is 4. The van der Waals surface area contributed by atoms with Crippen LogP contribution in [0.15, 0.2) is 12.1 Å². The summed E-state index contributed by atoms with van der Waals surface area (Å²) in [7, 11) is -2.56.